The van der Waals surface area contributed by atoms with Crippen molar-refractivity contribution >= 4 is 22.1 Å². The van der Waals surface area contributed by atoms with E-state index in [1.807, 2.05) is 24.3 Å². The second-order valence-electron chi connectivity index (χ2n) is 6.66. The molecule has 5 rings (SSSR count). The van der Waals surface area contributed by atoms with Crippen LogP contribution >= 0.6 is 0 Å². The Balaban J connectivity index is 1.88. The van der Waals surface area contributed by atoms with Crippen molar-refractivity contribution in [3.8, 4) is 33.9 Å². The first-order chi connectivity index (χ1) is 13.6. The van der Waals surface area contributed by atoms with E-state index in [4.69, 9.17) is 4.42 Å². The number of nitrogens with one attached hydrogen (secondary N) is 1. The van der Waals surface area contributed by atoms with Crippen LogP contribution < -0.4 is 5.43 Å². The maximum Gasteiger partial charge on any atom is 0.182 e. The fourth-order valence-electron chi connectivity index (χ4n) is 3.46. The Morgan fingerprint density at radius 1 is 0.786 bits per heavy atom. The SMILES string of the molecule is O=c1ccc2c(c1)oc1c(-c3ccc(O)cc3)cc(-c3cccc(O)c3)[nH]c12. The van der Waals surface area contributed by atoms with E-state index in [0.717, 1.165) is 33.3 Å². The fourth-order valence-corrected chi connectivity index (χ4v) is 3.46. The van der Waals surface area contributed by atoms with Crippen LogP contribution in [0.2, 0.25) is 0 Å². The van der Waals surface area contributed by atoms with Gasteiger partial charge in [-0.05, 0) is 48.0 Å². The van der Waals surface area contributed by atoms with Gasteiger partial charge in [0.1, 0.15) is 17.1 Å². The van der Waals surface area contributed by atoms with E-state index >= 15 is 0 Å². The maximum atomic E-state index is 11.8. The van der Waals surface area contributed by atoms with Crippen molar-refractivity contribution in [2.24, 2.45) is 0 Å². The molecule has 2 aromatic heterocycles. The molecule has 28 heavy (non-hydrogen) atoms. The molecule has 0 saturated carbocycles. The number of fused-ring (bicyclic) bond motifs is 3. The summed E-state index contributed by atoms with van der Waals surface area (Å²) in [6.07, 6.45) is 0. The monoisotopic (exact) mass is 369 g/mol. The van der Waals surface area contributed by atoms with Crippen molar-refractivity contribution in [2.75, 3.05) is 0 Å². The van der Waals surface area contributed by atoms with Gasteiger partial charge in [0.05, 0.1) is 5.52 Å². The van der Waals surface area contributed by atoms with Gasteiger partial charge in [-0.1, -0.05) is 24.3 Å². The van der Waals surface area contributed by atoms with Crippen molar-refractivity contribution in [3.05, 3.63) is 83.0 Å². The highest BCUT2D eigenvalue weighted by atomic mass is 16.3. The molecule has 0 spiro atoms. The van der Waals surface area contributed by atoms with Gasteiger partial charge < -0.3 is 19.6 Å². The lowest BCUT2D eigenvalue weighted by Gasteiger charge is -2.09. The second-order valence-corrected chi connectivity index (χ2v) is 6.66. The molecule has 0 aliphatic heterocycles. The molecule has 0 radical (unpaired) electrons. The van der Waals surface area contributed by atoms with Crippen LogP contribution in [0.25, 0.3) is 44.5 Å². The van der Waals surface area contributed by atoms with E-state index in [1.54, 1.807) is 36.4 Å². The van der Waals surface area contributed by atoms with Crippen molar-refractivity contribution in [3.63, 3.8) is 0 Å². The summed E-state index contributed by atoms with van der Waals surface area (Å²) in [4.78, 5) is 15.1. The van der Waals surface area contributed by atoms with Gasteiger partial charge in [-0.2, -0.15) is 0 Å². The number of rotatable bonds is 2. The summed E-state index contributed by atoms with van der Waals surface area (Å²) in [5.41, 5.74) is 5.05. The van der Waals surface area contributed by atoms with Crippen molar-refractivity contribution in [1.29, 1.82) is 0 Å². The summed E-state index contributed by atoms with van der Waals surface area (Å²) >= 11 is 0. The van der Waals surface area contributed by atoms with Gasteiger partial charge in [0.2, 0.25) is 0 Å². The first-order valence-electron chi connectivity index (χ1n) is 8.77. The van der Waals surface area contributed by atoms with Crippen LogP contribution in [0.4, 0.5) is 0 Å². The number of hydrogen-bond donors (Lipinski definition) is 3. The summed E-state index contributed by atoms with van der Waals surface area (Å²) in [6, 6.07) is 20.5. The predicted octanol–water partition coefficient (Wildman–Crippen LogP) is 5.02. The molecular formula is C23H15NO4. The third-order valence-electron chi connectivity index (χ3n) is 4.79. The highest BCUT2D eigenvalue weighted by Crippen LogP contribution is 2.37. The number of aromatic amines is 1. The smallest absolute Gasteiger partial charge is 0.182 e. The molecule has 0 atom stereocenters. The van der Waals surface area contributed by atoms with Crippen molar-refractivity contribution in [2.45, 2.75) is 0 Å². The summed E-state index contributed by atoms with van der Waals surface area (Å²) in [5.74, 6) is 0.349. The van der Waals surface area contributed by atoms with Crippen LogP contribution in [0, 0.1) is 0 Å². The van der Waals surface area contributed by atoms with Crippen LogP contribution in [0.15, 0.2) is 82.0 Å². The van der Waals surface area contributed by atoms with E-state index in [-0.39, 0.29) is 16.9 Å². The third-order valence-corrected chi connectivity index (χ3v) is 4.79. The number of phenolic OH excluding ortho intramolecular Hbond substituents is 2. The zero-order chi connectivity index (χ0) is 19.3. The largest absolute Gasteiger partial charge is 0.508 e. The molecule has 5 heteroatoms. The Morgan fingerprint density at radius 2 is 1.61 bits per heavy atom. The van der Waals surface area contributed by atoms with Crippen molar-refractivity contribution in [1.82, 2.24) is 4.98 Å². The van der Waals surface area contributed by atoms with Gasteiger partial charge in [0.15, 0.2) is 11.0 Å². The fraction of sp³-hybridized carbons (Fsp3) is 0. The van der Waals surface area contributed by atoms with E-state index in [1.165, 1.54) is 12.1 Å². The topological polar surface area (TPSA) is 86.5 Å². The summed E-state index contributed by atoms with van der Waals surface area (Å²) < 4.78 is 6.02. The van der Waals surface area contributed by atoms with E-state index < -0.39 is 0 Å². The predicted molar refractivity (Wildman–Crippen MR) is 109 cm³/mol. The molecule has 0 bridgehead atoms. The number of hydrogen-bond acceptors (Lipinski definition) is 4. The minimum absolute atomic E-state index is 0.119. The van der Waals surface area contributed by atoms with Gasteiger partial charge in [0.25, 0.3) is 0 Å². The van der Waals surface area contributed by atoms with Crippen LogP contribution in [0.3, 0.4) is 0 Å². The Hall–Kier alpha value is -3.99. The van der Waals surface area contributed by atoms with Crippen LogP contribution in [0.5, 0.6) is 11.5 Å². The Labute approximate surface area is 159 Å². The number of benzene rings is 3. The Morgan fingerprint density at radius 3 is 2.39 bits per heavy atom. The number of phenols is 2. The molecule has 3 N–H and O–H groups in total. The van der Waals surface area contributed by atoms with E-state index in [0.29, 0.717) is 11.2 Å². The maximum absolute atomic E-state index is 11.8. The first-order valence-corrected chi connectivity index (χ1v) is 8.77. The zero-order valence-electron chi connectivity index (χ0n) is 14.6. The highest BCUT2D eigenvalue weighted by Gasteiger charge is 2.16. The average Bonchev–Trinajstić information content (AvgIpc) is 3.05. The molecule has 0 saturated heterocycles. The molecule has 3 aromatic carbocycles. The Kier molecular flexibility index (Phi) is 3.49. The number of pyridine rings is 1. The molecule has 136 valence electrons. The number of aromatic nitrogens is 1. The van der Waals surface area contributed by atoms with Gasteiger partial charge >= 0.3 is 0 Å². The van der Waals surface area contributed by atoms with Crippen LogP contribution in [0.1, 0.15) is 0 Å². The zero-order valence-corrected chi connectivity index (χ0v) is 14.6. The van der Waals surface area contributed by atoms with Gasteiger partial charge in [0, 0.05) is 28.3 Å². The molecule has 0 unspecified atom stereocenters. The van der Waals surface area contributed by atoms with E-state index in [9.17, 15) is 15.0 Å². The summed E-state index contributed by atoms with van der Waals surface area (Å²) in [5, 5.41) is 20.3. The lowest BCUT2D eigenvalue weighted by molar-refractivity contribution is 0.475. The lowest BCUT2D eigenvalue weighted by atomic mass is 10.0. The third kappa shape index (κ3) is 2.61. The van der Waals surface area contributed by atoms with Gasteiger partial charge in [-0.25, -0.2) is 0 Å². The minimum atomic E-state index is -0.119. The average molecular weight is 369 g/mol. The second kappa shape index (κ2) is 6.03. The van der Waals surface area contributed by atoms with Gasteiger partial charge in [-0.15, -0.1) is 0 Å². The standard InChI is InChI=1S/C23H15NO4/c25-15-6-4-13(5-7-15)19-12-20(14-2-1-3-16(26)10-14)24-22-18-9-8-17(27)11-21(18)28-23(19)22/h1-12,24-26H. The van der Waals surface area contributed by atoms with Gasteiger partial charge in [-0.3, -0.25) is 4.79 Å². The molecule has 5 aromatic rings. The number of aromatic hydroxyl groups is 2. The quantitative estimate of drug-likeness (QED) is 0.408. The lowest BCUT2D eigenvalue weighted by Crippen LogP contribution is -1.92. The normalized spacial score (nSPS) is 11.3. The molecular weight excluding hydrogens is 354 g/mol. The first kappa shape index (κ1) is 16.2. The minimum Gasteiger partial charge on any atom is -0.508 e. The summed E-state index contributed by atoms with van der Waals surface area (Å²) in [7, 11) is 0. The summed E-state index contributed by atoms with van der Waals surface area (Å²) in [6.45, 7) is 0. The molecule has 0 aliphatic carbocycles. The van der Waals surface area contributed by atoms with Crippen LogP contribution in [-0.2, 0) is 0 Å². The molecule has 0 amide bonds. The number of furan rings is 1. The van der Waals surface area contributed by atoms with Crippen molar-refractivity contribution < 1.29 is 14.6 Å². The molecule has 0 aliphatic rings. The highest BCUT2D eigenvalue weighted by molar-refractivity contribution is 6.08. The Bertz CT molecular complexity index is 1390. The molecule has 0 fully saturated rings. The molecule has 2 heterocycles. The van der Waals surface area contributed by atoms with E-state index in [2.05, 4.69) is 4.98 Å². The molecule has 5 nitrogen and oxygen atoms in total. The number of H-pyrrole nitrogens is 1. The van der Waals surface area contributed by atoms with Crippen LogP contribution in [-0.4, -0.2) is 15.2 Å².